The Hall–Kier alpha value is -2.82. The van der Waals surface area contributed by atoms with Crippen molar-refractivity contribution in [2.75, 3.05) is 0 Å². The summed E-state index contributed by atoms with van der Waals surface area (Å²) in [5, 5.41) is 9.61. The van der Waals surface area contributed by atoms with Crippen molar-refractivity contribution in [3.8, 4) is 5.75 Å². The molecule has 0 aliphatic heterocycles. The Morgan fingerprint density at radius 3 is 2.95 bits per heavy atom. The number of phenols is 1. The Kier molecular flexibility index (Phi) is 3.31. The number of fused-ring (bicyclic) bond motifs is 1. The normalized spacial score (nSPS) is 10.7. The molecule has 0 radical (unpaired) electrons. The van der Waals surface area contributed by atoms with E-state index in [1.165, 1.54) is 6.07 Å². The van der Waals surface area contributed by atoms with E-state index in [1.54, 1.807) is 19.1 Å². The molecule has 3 aromatic rings. The van der Waals surface area contributed by atoms with Gasteiger partial charge in [-0.25, -0.2) is 9.78 Å². The summed E-state index contributed by atoms with van der Waals surface area (Å²) in [5.74, 6) is -0.403. The van der Waals surface area contributed by atoms with Crippen molar-refractivity contribution in [2.45, 2.75) is 13.5 Å². The van der Waals surface area contributed by atoms with Gasteiger partial charge in [-0.1, -0.05) is 12.1 Å². The second kappa shape index (κ2) is 5.28. The molecule has 1 aromatic carbocycles. The highest BCUT2D eigenvalue weighted by atomic mass is 16.5. The van der Waals surface area contributed by atoms with Crippen LogP contribution in [0.5, 0.6) is 5.75 Å². The van der Waals surface area contributed by atoms with Gasteiger partial charge in [-0.2, -0.15) is 0 Å². The van der Waals surface area contributed by atoms with Gasteiger partial charge in [0.1, 0.15) is 18.0 Å². The number of rotatable bonds is 3. The number of esters is 1. The number of hydrogen-bond acceptors (Lipinski definition) is 4. The van der Waals surface area contributed by atoms with Gasteiger partial charge in [-0.15, -0.1) is 0 Å². The summed E-state index contributed by atoms with van der Waals surface area (Å²) in [6.45, 7) is 1.86. The van der Waals surface area contributed by atoms with E-state index < -0.39 is 5.97 Å². The molecule has 0 amide bonds. The first-order chi connectivity index (χ1) is 10.1. The topological polar surface area (TPSA) is 63.8 Å². The smallest absolute Gasteiger partial charge is 0.338 e. The molecule has 106 valence electrons. The van der Waals surface area contributed by atoms with Crippen molar-refractivity contribution in [3.05, 3.63) is 65.6 Å². The van der Waals surface area contributed by atoms with Gasteiger partial charge in [0.05, 0.1) is 11.3 Å². The van der Waals surface area contributed by atoms with E-state index in [9.17, 15) is 9.90 Å². The number of imidazole rings is 1. The van der Waals surface area contributed by atoms with Crippen LogP contribution in [-0.4, -0.2) is 20.5 Å². The number of aromatic hydroxyl groups is 1. The lowest BCUT2D eigenvalue weighted by molar-refractivity contribution is 0.0468. The Labute approximate surface area is 121 Å². The first-order valence-electron chi connectivity index (χ1n) is 6.53. The molecule has 0 bridgehead atoms. The van der Waals surface area contributed by atoms with E-state index in [4.69, 9.17) is 4.74 Å². The summed E-state index contributed by atoms with van der Waals surface area (Å²) in [7, 11) is 0. The molecule has 2 aromatic heterocycles. The van der Waals surface area contributed by atoms with Gasteiger partial charge in [-0.3, -0.25) is 0 Å². The van der Waals surface area contributed by atoms with Gasteiger partial charge in [0.15, 0.2) is 0 Å². The molecule has 0 unspecified atom stereocenters. The molecule has 0 aliphatic rings. The summed E-state index contributed by atoms with van der Waals surface area (Å²) in [5.41, 5.74) is 2.51. The van der Waals surface area contributed by atoms with E-state index in [1.807, 2.05) is 35.0 Å². The number of aromatic nitrogens is 2. The Morgan fingerprint density at radius 1 is 1.33 bits per heavy atom. The number of carbonyl (C=O) groups is 1. The van der Waals surface area contributed by atoms with Crippen LogP contribution >= 0.6 is 0 Å². The maximum absolute atomic E-state index is 11.9. The van der Waals surface area contributed by atoms with Crippen molar-refractivity contribution < 1.29 is 14.6 Å². The van der Waals surface area contributed by atoms with Crippen LogP contribution in [0.1, 0.15) is 21.6 Å². The third-order valence-electron chi connectivity index (χ3n) is 3.21. The molecule has 3 rings (SSSR count). The fourth-order valence-electron chi connectivity index (χ4n) is 2.02. The van der Waals surface area contributed by atoms with E-state index in [-0.39, 0.29) is 12.4 Å². The molecule has 5 nitrogen and oxygen atoms in total. The second-order valence-electron chi connectivity index (χ2n) is 4.78. The standard InChI is InChI=1S/C16H14N2O3/c1-11-5-6-12(8-14(11)19)16(20)21-10-13-9-18-7-3-2-4-15(18)17-13/h2-9,19H,10H2,1H3. The van der Waals surface area contributed by atoms with Crippen LogP contribution in [0.25, 0.3) is 5.65 Å². The quantitative estimate of drug-likeness (QED) is 0.750. The summed E-state index contributed by atoms with van der Waals surface area (Å²) in [6, 6.07) is 10.4. The lowest BCUT2D eigenvalue weighted by Gasteiger charge is -2.04. The predicted molar refractivity (Wildman–Crippen MR) is 77.2 cm³/mol. The third kappa shape index (κ3) is 2.72. The van der Waals surface area contributed by atoms with Crippen LogP contribution in [0.4, 0.5) is 0 Å². The fraction of sp³-hybridized carbons (Fsp3) is 0.125. The molecule has 0 aliphatic carbocycles. The first kappa shape index (κ1) is 13.2. The van der Waals surface area contributed by atoms with Gasteiger partial charge in [0.2, 0.25) is 0 Å². The summed E-state index contributed by atoms with van der Waals surface area (Å²) >= 11 is 0. The van der Waals surface area contributed by atoms with Gasteiger partial charge in [0, 0.05) is 12.4 Å². The minimum absolute atomic E-state index is 0.0807. The minimum atomic E-state index is -0.484. The molecule has 2 heterocycles. The Bertz CT molecular complexity index is 775. The van der Waals surface area contributed by atoms with Crippen LogP contribution in [0.3, 0.4) is 0 Å². The predicted octanol–water partition coefficient (Wildman–Crippen LogP) is 2.71. The van der Waals surface area contributed by atoms with E-state index in [2.05, 4.69) is 4.98 Å². The van der Waals surface area contributed by atoms with Crippen LogP contribution < -0.4 is 0 Å². The van der Waals surface area contributed by atoms with E-state index in [0.29, 0.717) is 16.8 Å². The number of pyridine rings is 1. The lowest BCUT2D eigenvalue weighted by atomic mass is 10.1. The van der Waals surface area contributed by atoms with Crippen LogP contribution in [-0.2, 0) is 11.3 Å². The van der Waals surface area contributed by atoms with Crippen molar-refractivity contribution in [2.24, 2.45) is 0 Å². The lowest BCUT2D eigenvalue weighted by Crippen LogP contribution is -2.05. The molecule has 5 heteroatoms. The number of carbonyl (C=O) groups excluding carboxylic acids is 1. The van der Waals surface area contributed by atoms with E-state index in [0.717, 1.165) is 5.65 Å². The highest BCUT2D eigenvalue weighted by Gasteiger charge is 2.10. The van der Waals surface area contributed by atoms with Gasteiger partial charge < -0.3 is 14.2 Å². The molecule has 21 heavy (non-hydrogen) atoms. The Morgan fingerprint density at radius 2 is 2.19 bits per heavy atom. The van der Waals surface area contributed by atoms with Crippen molar-refractivity contribution in [1.82, 2.24) is 9.38 Å². The highest BCUT2D eigenvalue weighted by Crippen LogP contribution is 2.18. The minimum Gasteiger partial charge on any atom is -0.508 e. The molecular formula is C16H14N2O3. The third-order valence-corrected chi connectivity index (χ3v) is 3.21. The largest absolute Gasteiger partial charge is 0.508 e. The number of ether oxygens (including phenoxy) is 1. The zero-order valence-corrected chi connectivity index (χ0v) is 11.5. The zero-order valence-electron chi connectivity index (χ0n) is 11.5. The number of phenolic OH excluding ortho intramolecular Hbond substituents is 1. The van der Waals surface area contributed by atoms with Crippen molar-refractivity contribution in [3.63, 3.8) is 0 Å². The summed E-state index contributed by atoms with van der Waals surface area (Å²) in [6.07, 6.45) is 3.70. The summed E-state index contributed by atoms with van der Waals surface area (Å²) < 4.78 is 7.07. The fourth-order valence-corrected chi connectivity index (χ4v) is 2.02. The molecule has 0 saturated heterocycles. The van der Waals surface area contributed by atoms with Gasteiger partial charge in [0.25, 0.3) is 0 Å². The number of benzene rings is 1. The van der Waals surface area contributed by atoms with Gasteiger partial charge in [-0.05, 0) is 36.8 Å². The zero-order chi connectivity index (χ0) is 14.8. The first-order valence-corrected chi connectivity index (χ1v) is 6.53. The highest BCUT2D eigenvalue weighted by molar-refractivity contribution is 5.90. The number of aryl methyl sites for hydroxylation is 1. The maximum Gasteiger partial charge on any atom is 0.338 e. The van der Waals surface area contributed by atoms with Crippen molar-refractivity contribution in [1.29, 1.82) is 0 Å². The Balaban J connectivity index is 1.71. The average molecular weight is 282 g/mol. The average Bonchev–Trinajstić information content (AvgIpc) is 2.90. The van der Waals surface area contributed by atoms with Crippen LogP contribution in [0.15, 0.2) is 48.8 Å². The summed E-state index contributed by atoms with van der Waals surface area (Å²) in [4.78, 5) is 16.3. The molecule has 0 saturated carbocycles. The van der Waals surface area contributed by atoms with Crippen LogP contribution in [0.2, 0.25) is 0 Å². The molecule has 0 spiro atoms. The molecule has 1 N–H and O–H groups in total. The second-order valence-corrected chi connectivity index (χ2v) is 4.78. The number of nitrogens with zero attached hydrogens (tertiary/aromatic N) is 2. The molecule has 0 atom stereocenters. The monoisotopic (exact) mass is 282 g/mol. The van der Waals surface area contributed by atoms with Crippen molar-refractivity contribution >= 4 is 11.6 Å². The van der Waals surface area contributed by atoms with Crippen LogP contribution in [0, 0.1) is 6.92 Å². The number of hydrogen-bond donors (Lipinski definition) is 1. The molecular weight excluding hydrogens is 268 g/mol. The van der Waals surface area contributed by atoms with Gasteiger partial charge >= 0.3 is 5.97 Å². The van der Waals surface area contributed by atoms with E-state index >= 15 is 0 Å². The molecule has 0 fully saturated rings. The maximum atomic E-state index is 11.9. The SMILES string of the molecule is Cc1ccc(C(=O)OCc2cn3ccccc3n2)cc1O.